The van der Waals surface area contributed by atoms with Crippen molar-refractivity contribution in [2.24, 2.45) is 0 Å². The number of rotatable bonds is 5. The number of hydrogen-bond donors (Lipinski definition) is 1. The molecule has 4 rings (SSSR count). The molecule has 1 saturated heterocycles. The number of sulfonamides is 1. The zero-order valence-electron chi connectivity index (χ0n) is 15.9. The molecule has 2 fully saturated rings. The summed E-state index contributed by atoms with van der Waals surface area (Å²) < 4.78 is 27.4. The number of thiophene rings is 1. The number of hydrogen-bond acceptors (Lipinski definition) is 4. The molecule has 1 N–H and O–H groups in total. The van der Waals surface area contributed by atoms with Gasteiger partial charge in [-0.2, -0.15) is 4.31 Å². The van der Waals surface area contributed by atoms with Gasteiger partial charge in [0, 0.05) is 29.6 Å². The van der Waals surface area contributed by atoms with Crippen LogP contribution in [-0.2, 0) is 10.0 Å². The second-order valence-corrected chi connectivity index (χ2v) is 10.9. The SMILES string of the molecule is O=C(NC1CCCCC1)c1ccc(-c2ccc(S(=O)(=O)N3CCCC3)s2)cc1. The van der Waals surface area contributed by atoms with Crippen molar-refractivity contribution in [3.63, 3.8) is 0 Å². The summed E-state index contributed by atoms with van der Waals surface area (Å²) in [5.74, 6) is -0.0260. The van der Waals surface area contributed by atoms with Crippen molar-refractivity contribution >= 4 is 27.3 Å². The standard InChI is InChI=1S/C21H26N2O3S2/c24-21(22-18-6-2-1-3-7-18)17-10-8-16(9-11-17)19-12-13-20(27-19)28(25,26)23-14-4-5-15-23/h8-13,18H,1-7,14-15H2,(H,22,24). The maximum Gasteiger partial charge on any atom is 0.252 e. The van der Waals surface area contributed by atoms with Gasteiger partial charge in [0.1, 0.15) is 4.21 Å². The Labute approximate surface area is 170 Å². The predicted octanol–water partition coefficient (Wildman–Crippen LogP) is 4.26. The van der Waals surface area contributed by atoms with E-state index < -0.39 is 10.0 Å². The molecule has 2 aromatic rings. The highest BCUT2D eigenvalue weighted by atomic mass is 32.2. The molecule has 7 heteroatoms. The minimum atomic E-state index is -3.38. The van der Waals surface area contributed by atoms with Crippen LogP contribution in [0.5, 0.6) is 0 Å². The highest BCUT2D eigenvalue weighted by molar-refractivity contribution is 7.91. The molecule has 5 nitrogen and oxygen atoms in total. The molecule has 0 bridgehead atoms. The average molecular weight is 419 g/mol. The minimum Gasteiger partial charge on any atom is -0.349 e. The lowest BCUT2D eigenvalue weighted by atomic mass is 9.95. The van der Waals surface area contributed by atoms with Crippen LogP contribution in [0.25, 0.3) is 10.4 Å². The van der Waals surface area contributed by atoms with E-state index >= 15 is 0 Å². The highest BCUT2D eigenvalue weighted by Crippen LogP contribution is 2.33. The van der Waals surface area contributed by atoms with Crippen molar-refractivity contribution in [2.45, 2.75) is 55.2 Å². The van der Waals surface area contributed by atoms with Crippen molar-refractivity contribution in [2.75, 3.05) is 13.1 Å². The lowest BCUT2D eigenvalue weighted by Gasteiger charge is -2.22. The zero-order valence-corrected chi connectivity index (χ0v) is 17.5. The number of carbonyl (C=O) groups excluding carboxylic acids is 1. The van der Waals surface area contributed by atoms with Crippen molar-refractivity contribution in [3.8, 4) is 10.4 Å². The van der Waals surface area contributed by atoms with Crippen LogP contribution < -0.4 is 5.32 Å². The van der Waals surface area contributed by atoms with Crippen LogP contribution in [0.15, 0.2) is 40.6 Å². The lowest BCUT2D eigenvalue weighted by molar-refractivity contribution is 0.0927. The van der Waals surface area contributed by atoms with E-state index in [0.717, 1.165) is 36.1 Å². The van der Waals surface area contributed by atoms with Crippen LogP contribution in [0.4, 0.5) is 0 Å². The summed E-state index contributed by atoms with van der Waals surface area (Å²) in [4.78, 5) is 13.3. The molecule has 1 aromatic heterocycles. The van der Waals surface area contributed by atoms with E-state index in [1.807, 2.05) is 30.3 Å². The van der Waals surface area contributed by atoms with E-state index in [0.29, 0.717) is 22.9 Å². The van der Waals surface area contributed by atoms with Crippen LogP contribution in [0.1, 0.15) is 55.3 Å². The smallest absolute Gasteiger partial charge is 0.252 e. The Kier molecular flexibility index (Phi) is 5.85. The fourth-order valence-electron chi connectivity index (χ4n) is 3.97. The number of nitrogens with zero attached hydrogens (tertiary/aromatic N) is 1. The van der Waals surface area contributed by atoms with Gasteiger partial charge in [-0.15, -0.1) is 11.3 Å². The molecule has 1 aromatic carbocycles. The number of carbonyl (C=O) groups is 1. The minimum absolute atomic E-state index is 0.0260. The van der Waals surface area contributed by atoms with Gasteiger partial charge in [0.05, 0.1) is 0 Å². The van der Waals surface area contributed by atoms with Gasteiger partial charge in [-0.25, -0.2) is 8.42 Å². The summed E-state index contributed by atoms with van der Waals surface area (Å²) in [5, 5.41) is 3.13. The van der Waals surface area contributed by atoms with Gasteiger partial charge in [0.2, 0.25) is 0 Å². The molecule has 2 heterocycles. The second kappa shape index (κ2) is 8.35. The first kappa shape index (κ1) is 19.6. The van der Waals surface area contributed by atoms with E-state index in [1.165, 1.54) is 30.6 Å². The van der Waals surface area contributed by atoms with Crippen molar-refractivity contribution in [1.82, 2.24) is 9.62 Å². The molecule has 2 aliphatic rings. The third-order valence-electron chi connectivity index (χ3n) is 5.61. The molecule has 0 radical (unpaired) electrons. The highest BCUT2D eigenvalue weighted by Gasteiger charge is 2.28. The summed E-state index contributed by atoms with van der Waals surface area (Å²) in [6.45, 7) is 1.22. The number of amides is 1. The first-order valence-corrected chi connectivity index (χ1v) is 12.3. The molecule has 0 atom stereocenters. The van der Waals surface area contributed by atoms with Crippen LogP contribution in [0.3, 0.4) is 0 Å². The first-order valence-electron chi connectivity index (χ1n) is 10.1. The topological polar surface area (TPSA) is 66.5 Å². The monoisotopic (exact) mass is 418 g/mol. The Hall–Kier alpha value is -1.70. The van der Waals surface area contributed by atoms with E-state index in [1.54, 1.807) is 10.4 Å². The van der Waals surface area contributed by atoms with E-state index in [-0.39, 0.29) is 11.9 Å². The molecule has 1 saturated carbocycles. The van der Waals surface area contributed by atoms with Gasteiger partial charge in [-0.05, 0) is 55.5 Å². The summed E-state index contributed by atoms with van der Waals surface area (Å²) >= 11 is 1.29. The fraction of sp³-hybridized carbons (Fsp3) is 0.476. The molecular formula is C21H26N2O3S2. The molecule has 1 amide bonds. The molecular weight excluding hydrogens is 392 g/mol. The van der Waals surface area contributed by atoms with Crippen LogP contribution >= 0.6 is 11.3 Å². The predicted molar refractivity (Wildman–Crippen MR) is 112 cm³/mol. The quantitative estimate of drug-likeness (QED) is 0.789. The van der Waals surface area contributed by atoms with Crippen molar-refractivity contribution in [1.29, 1.82) is 0 Å². The van der Waals surface area contributed by atoms with Crippen LogP contribution in [0, 0.1) is 0 Å². The van der Waals surface area contributed by atoms with Gasteiger partial charge in [0.15, 0.2) is 0 Å². The first-order chi connectivity index (χ1) is 13.5. The van der Waals surface area contributed by atoms with Gasteiger partial charge in [-0.1, -0.05) is 31.4 Å². The summed E-state index contributed by atoms with van der Waals surface area (Å²) in [6.07, 6.45) is 7.62. The average Bonchev–Trinajstić information content (AvgIpc) is 3.42. The number of nitrogens with one attached hydrogen (secondary N) is 1. The van der Waals surface area contributed by atoms with Crippen molar-refractivity contribution in [3.05, 3.63) is 42.0 Å². The fourth-order valence-corrected chi connectivity index (χ4v) is 6.95. The molecule has 150 valence electrons. The van der Waals surface area contributed by atoms with Crippen molar-refractivity contribution < 1.29 is 13.2 Å². The molecule has 28 heavy (non-hydrogen) atoms. The van der Waals surface area contributed by atoms with Gasteiger partial charge >= 0.3 is 0 Å². The van der Waals surface area contributed by atoms with E-state index in [9.17, 15) is 13.2 Å². The summed E-state index contributed by atoms with van der Waals surface area (Å²) in [6, 6.07) is 11.3. The van der Waals surface area contributed by atoms with Crippen LogP contribution in [-0.4, -0.2) is 37.8 Å². The maximum absolute atomic E-state index is 12.7. The second-order valence-electron chi connectivity index (χ2n) is 7.62. The molecule has 0 spiro atoms. The van der Waals surface area contributed by atoms with Gasteiger partial charge < -0.3 is 5.32 Å². The molecule has 0 unspecified atom stereocenters. The Balaban J connectivity index is 1.45. The lowest BCUT2D eigenvalue weighted by Crippen LogP contribution is -2.36. The Morgan fingerprint density at radius 2 is 1.61 bits per heavy atom. The molecule has 1 aliphatic carbocycles. The van der Waals surface area contributed by atoms with Crippen LogP contribution in [0.2, 0.25) is 0 Å². The Morgan fingerprint density at radius 1 is 0.929 bits per heavy atom. The van der Waals surface area contributed by atoms with Gasteiger partial charge in [0.25, 0.3) is 15.9 Å². The molecule has 1 aliphatic heterocycles. The Bertz CT molecular complexity index is 923. The van der Waals surface area contributed by atoms with E-state index in [4.69, 9.17) is 0 Å². The largest absolute Gasteiger partial charge is 0.349 e. The third-order valence-corrected chi connectivity index (χ3v) is 9.11. The van der Waals surface area contributed by atoms with E-state index in [2.05, 4.69) is 5.32 Å². The normalized spacial score (nSPS) is 19.0. The zero-order chi connectivity index (χ0) is 19.6. The summed E-state index contributed by atoms with van der Waals surface area (Å²) in [5.41, 5.74) is 1.58. The Morgan fingerprint density at radius 3 is 2.29 bits per heavy atom. The number of benzene rings is 1. The van der Waals surface area contributed by atoms with Gasteiger partial charge in [-0.3, -0.25) is 4.79 Å². The maximum atomic E-state index is 12.7. The third kappa shape index (κ3) is 4.16. The summed E-state index contributed by atoms with van der Waals surface area (Å²) in [7, 11) is -3.38.